The highest BCUT2D eigenvalue weighted by Crippen LogP contribution is 2.39. The first kappa shape index (κ1) is 16.9. The number of nitrogens with zero attached hydrogens (tertiary/aromatic N) is 2. The largest absolute Gasteiger partial charge is 0.478 e. The van der Waals surface area contributed by atoms with Crippen molar-refractivity contribution in [3.63, 3.8) is 0 Å². The van der Waals surface area contributed by atoms with Crippen LogP contribution in [-0.2, 0) is 14.3 Å². The molecule has 2 aliphatic rings. The molecule has 2 atom stereocenters. The summed E-state index contributed by atoms with van der Waals surface area (Å²) in [5.74, 6) is -1.74. The van der Waals surface area contributed by atoms with Gasteiger partial charge < -0.3 is 14.7 Å². The van der Waals surface area contributed by atoms with Crippen LogP contribution in [0, 0.1) is 0 Å². The van der Waals surface area contributed by atoms with Crippen LogP contribution >= 0.6 is 11.6 Å². The van der Waals surface area contributed by atoms with Gasteiger partial charge in [0.25, 0.3) is 0 Å². The van der Waals surface area contributed by atoms with E-state index < -0.39 is 11.9 Å². The molecule has 0 spiro atoms. The van der Waals surface area contributed by atoms with E-state index in [1.807, 2.05) is 0 Å². The molecule has 6 nitrogen and oxygen atoms in total. The molecule has 1 aromatic rings. The molecule has 3 rings (SSSR count). The van der Waals surface area contributed by atoms with Crippen LogP contribution < -0.4 is 0 Å². The summed E-state index contributed by atoms with van der Waals surface area (Å²) in [5, 5.41) is 9.94. The number of halogens is 1. The highest BCUT2D eigenvalue weighted by atomic mass is 35.5. The number of hydrogen-bond acceptors (Lipinski definition) is 4. The van der Waals surface area contributed by atoms with Crippen LogP contribution in [-0.4, -0.2) is 46.1 Å². The Morgan fingerprint density at radius 1 is 1.54 bits per heavy atom. The number of aliphatic carboxylic acids is 1. The van der Waals surface area contributed by atoms with E-state index in [-0.39, 0.29) is 29.2 Å². The van der Waals surface area contributed by atoms with Crippen molar-refractivity contribution in [2.45, 2.75) is 38.2 Å². The molecule has 1 amide bonds. The first-order valence-electron chi connectivity index (χ1n) is 7.95. The Bertz CT molecular complexity index is 698. The van der Waals surface area contributed by atoms with Gasteiger partial charge in [-0.15, -0.1) is 0 Å². The van der Waals surface area contributed by atoms with Crippen molar-refractivity contribution in [1.29, 1.82) is 0 Å². The van der Waals surface area contributed by atoms with Gasteiger partial charge in [-0.25, -0.2) is 9.78 Å². The van der Waals surface area contributed by atoms with Crippen molar-refractivity contribution in [2.75, 3.05) is 13.2 Å². The predicted octanol–water partition coefficient (Wildman–Crippen LogP) is 2.59. The molecule has 0 radical (unpaired) electrons. The maximum atomic E-state index is 12.6. The number of carbonyl (C=O) groups excluding carboxylic acids is 1. The van der Waals surface area contributed by atoms with E-state index in [2.05, 4.69) is 4.98 Å². The third kappa shape index (κ3) is 3.16. The van der Waals surface area contributed by atoms with Gasteiger partial charge in [-0.2, -0.15) is 0 Å². The molecule has 2 aliphatic heterocycles. The topological polar surface area (TPSA) is 79.7 Å². The number of carboxylic acids is 1. The Morgan fingerprint density at radius 3 is 2.96 bits per heavy atom. The second-order valence-corrected chi connectivity index (χ2v) is 6.44. The molecule has 1 fully saturated rings. The summed E-state index contributed by atoms with van der Waals surface area (Å²) >= 11 is 6.13. The van der Waals surface area contributed by atoms with Gasteiger partial charge in [-0.3, -0.25) is 4.79 Å². The Balaban J connectivity index is 1.98. The molecule has 128 valence electrons. The minimum atomic E-state index is -1.04. The smallest absolute Gasteiger partial charge is 0.333 e. The number of aromatic nitrogens is 1. The van der Waals surface area contributed by atoms with E-state index in [0.29, 0.717) is 24.4 Å². The summed E-state index contributed by atoms with van der Waals surface area (Å²) in [4.78, 5) is 30.0. The highest BCUT2D eigenvalue weighted by Gasteiger charge is 2.38. The molecule has 1 aromatic heterocycles. The van der Waals surface area contributed by atoms with Gasteiger partial charge in [-0.1, -0.05) is 17.7 Å². The molecule has 0 aliphatic carbocycles. The lowest BCUT2D eigenvalue weighted by atomic mass is 9.84. The van der Waals surface area contributed by atoms with E-state index in [0.717, 1.165) is 12.8 Å². The molecular formula is C17H19ClN2O4. The number of hydrogen-bond donors (Lipinski definition) is 1. The molecule has 1 N–H and O–H groups in total. The van der Waals surface area contributed by atoms with Gasteiger partial charge in [-0.05, 0) is 31.4 Å². The van der Waals surface area contributed by atoms with Gasteiger partial charge in [0.05, 0.1) is 18.2 Å². The lowest BCUT2D eigenvalue weighted by Gasteiger charge is -2.35. The first-order chi connectivity index (χ1) is 11.5. The number of carboxylic acid groups (broad SMARTS) is 1. The fourth-order valence-corrected chi connectivity index (χ4v) is 3.68. The molecule has 0 unspecified atom stereocenters. The standard InChI is InChI=1S/C17H19ClN2O4/c1-10-15(17(22)23)13(12-5-2-6-19-16(12)18)8-14(21)20(10)9-11-4-3-7-24-11/h2,5-6,11,13H,3-4,7-9H2,1H3,(H,22,23)/t11-,13+/m0/s1. The second kappa shape index (κ2) is 6.91. The zero-order valence-corrected chi connectivity index (χ0v) is 14.1. The molecule has 0 saturated carbocycles. The van der Waals surface area contributed by atoms with Gasteiger partial charge >= 0.3 is 5.97 Å². The lowest BCUT2D eigenvalue weighted by Crippen LogP contribution is -2.42. The zero-order valence-electron chi connectivity index (χ0n) is 13.4. The summed E-state index contributed by atoms with van der Waals surface area (Å²) in [6, 6.07) is 3.42. The summed E-state index contributed by atoms with van der Waals surface area (Å²) in [6.45, 7) is 2.76. The van der Waals surface area contributed by atoms with Crippen molar-refractivity contribution < 1.29 is 19.4 Å². The summed E-state index contributed by atoms with van der Waals surface area (Å²) < 4.78 is 5.58. The van der Waals surface area contributed by atoms with Crippen LogP contribution in [0.5, 0.6) is 0 Å². The van der Waals surface area contributed by atoms with Crippen LogP contribution in [0.3, 0.4) is 0 Å². The van der Waals surface area contributed by atoms with Crippen LogP contribution in [0.2, 0.25) is 5.15 Å². The van der Waals surface area contributed by atoms with Gasteiger partial charge in [0.1, 0.15) is 5.15 Å². The molecule has 0 aromatic carbocycles. The molecule has 0 bridgehead atoms. The fourth-order valence-electron chi connectivity index (χ4n) is 3.43. The average Bonchev–Trinajstić information content (AvgIpc) is 3.04. The zero-order chi connectivity index (χ0) is 17.3. The molecule has 1 saturated heterocycles. The van der Waals surface area contributed by atoms with Gasteiger partial charge in [0.2, 0.25) is 5.91 Å². The van der Waals surface area contributed by atoms with Crippen molar-refractivity contribution in [3.8, 4) is 0 Å². The number of rotatable bonds is 4. The van der Waals surface area contributed by atoms with E-state index in [4.69, 9.17) is 16.3 Å². The van der Waals surface area contributed by atoms with Crippen molar-refractivity contribution in [1.82, 2.24) is 9.88 Å². The number of pyridine rings is 1. The maximum Gasteiger partial charge on any atom is 0.333 e. The lowest BCUT2D eigenvalue weighted by molar-refractivity contribution is -0.135. The maximum absolute atomic E-state index is 12.6. The summed E-state index contributed by atoms with van der Waals surface area (Å²) in [5.41, 5.74) is 1.22. The monoisotopic (exact) mass is 350 g/mol. The Hall–Kier alpha value is -1.92. The number of ether oxygens (including phenoxy) is 1. The van der Waals surface area contributed by atoms with Crippen LogP contribution in [0.1, 0.15) is 37.7 Å². The van der Waals surface area contributed by atoms with Gasteiger partial charge in [0.15, 0.2) is 0 Å². The Kier molecular flexibility index (Phi) is 4.87. The van der Waals surface area contributed by atoms with E-state index in [1.54, 1.807) is 24.0 Å². The minimum Gasteiger partial charge on any atom is -0.478 e. The number of amides is 1. The predicted molar refractivity (Wildman–Crippen MR) is 87.6 cm³/mol. The highest BCUT2D eigenvalue weighted by molar-refractivity contribution is 6.30. The van der Waals surface area contributed by atoms with E-state index in [9.17, 15) is 14.7 Å². The number of allylic oxidation sites excluding steroid dienone is 1. The Labute approximate surface area is 145 Å². The summed E-state index contributed by atoms with van der Waals surface area (Å²) in [6.07, 6.45) is 3.43. The fraction of sp³-hybridized carbons (Fsp3) is 0.471. The normalized spacial score (nSPS) is 24.6. The van der Waals surface area contributed by atoms with Crippen LogP contribution in [0.4, 0.5) is 0 Å². The second-order valence-electron chi connectivity index (χ2n) is 6.08. The van der Waals surface area contributed by atoms with Crippen molar-refractivity contribution in [2.24, 2.45) is 0 Å². The van der Waals surface area contributed by atoms with E-state index in [1.165, 1.54) is 6.20 Å². The molecule has 3 heterocycles. The van der Waals surface area contributed by atoms with E-state index >= 15 is 0 Å². The quantitative estimate of drug-likeness (QED) is 0.844. The van der Waals surface area contributed by atoms with Crippen LogP contribution in [0.15, 0.2) is 29.6 Å². The molecule has 24 heavy (non-hydrogen) atoms. The van der Waals surface area contributed by atoms with Gasteiger partial charge in [0, 0.05) is 30.8 Å². The first-order valence-corrected chi connectivity index (χ1v) is 8.33. The van der Waals surface area contributed by atoms with Crippen molar-refractivity contribution >= 4 is 23.5 Å². The average molecular weight is 351 g/mol. The Morgan fingerprint density at radius 2 is 2.33 bits per heavy atom. The van der Waals surface area contributed by atoms with Crippen molar-refractivity contribution in [3.05, 3.63) is 40.3 Å². The number of carbonyl (C=O) groups is 2. The molecular weight excluding hydrogens is 332 g/mol. The van der Waals surface area contributed by atoms with Crippen LogP contribution in [0.25, 0.3) is 0 Å². The summed E-state index contributed by atoms with van der Waals surface area (Å²) in [7, 11) is 0. The third-order valence-electron chi connectivity index (χ3n) is 4.63. The molecule has 7 heteroatoms. The minimum absolute atomic E-state index is 0.0301. The third-order valence-corrected chi connectivity index (χ3v) is 4.94. The SMILES string of the molecule is CC1=C(C(=O)O)[C@@H](c2cccnc2Cl)CC(=O)N1C[C@@H]1CCCO1.